The van der Waals surface area contributed by atoms with E-state index in [0.29, 0.717) is 5.69 Å². The van der Waals surface area contributed by atoms with Crippen molar-refractivity contribution in [3.05, 3.63) is 66.5 Å². The van der Waals surface area contributed by atoms with Crippen LogP contribution in [0.4, 0.5) is 11.4 Å². The molecule has 1 N–H and O–H groups in total. The fraction of sp³-hybridized carbons (Fsp3) is 0.364. The number of hydrogen-bond donors (Lipinski definition) is 1. The quantitative estimate of drug-likeness (QED) is 0.610. The lowest BCUT2D eigenvalue weighted by atomic mass is 10.2. The molecule has 1 aliphatic heterocycles. The van der Waals surface area contributed by atoms with Crippen LogP contribution in [0.1, 0.15) is 18.5 Å². The molecule has 1 saturated heterocycles. The Bertz CT molecular complexity index is 1140. The molecule has 0 radical (unpaired) electrons. The van der Waals surface area contributed by atoms with Crippen LogP contribution in [0.25, 0.3) is 5.69 Å². The number of aromatic nitrogens is 3. The Hall–Kier alpha value is -2.91. The van der Waals surface area contributed by atoms with E-state index in [-0.39, 0.29) is 5.25 Å². The number of benzene rings is 2. The van der Waals surface area contributed by atoms with Crippen molar-refractivity contribution in [2.24, 2.45) is 0 Å². The van der Waals surface area contributed by atoms with E-state index in [9.17, 15) is 8.42 Å². The maximum atomic E-state index is 12.2. The minimum atomic E-state index is -3.24. The topological polar surface area (TPSA) is 83.4 Å². The van der Waals surface area contributed by atoms with Gasteiger partial charge in [-0.25, -0.2) is 13.1 Å². The summed E-state index contributed by atoms with van der Waals surface area (Å²) in [6, 6.07) is 17.7. The van der Waals surface area contributed by atoms with Crippen molar-refractivity contribution < 1.29 is 8.42 Å². The van der Waals surface area contributed by atoms with Gasteiger partial charge in [-0.2, -0.15) is 0 Å². The van der Waals surface area contributed by atoms with Crippen molar-refractivity contribution in [1.82, 2.24) is 19.9 Å². The minimum absolute atomic E-state index is 0.223. The molecule has 0 atom stereocenters. The Morgan fingerprint density at radius 3 is 2.42 bits per heavy atom. The standard InChI is InChI=1S/C22H26N6O2S/c29-31(30,22-9-10-22)24-18-5-4-8-21(15-18)27-13-11-26(12-14-27)16-19-17-28(25-23-19)20-6-2-1-3-7-20/h1-8,15,17,22,24H,9-14,16H2. The molecule has 2 fully saturated rings. The molecule has 0 unspecified atom stereocenters. The predicted octanol–water partition coefficient (Wildman–Crippen LogP) is 2.49. The van der Waals surface area contributed by atoms with Gasteiger partial charge in [0.15, 0.2) is 0 Å². The van der Waals surface area contributed by atoms with Crippen LogP contribution >= 0.6 is 0 Å². The van der Waals surface area contributed by atoms with Crippen LogP contribution in [0.5, 0.6) is 0 Å². The third-order valence-corrected chi connectivity index (χ3v) is 7.62. The van der Waals surface area contributed by atoms with Gasteiger partial charge in [0.1, 0.15) is 0 Å². The van der Waals surface area contributed by atoms with Crippen LogP contribution < -0.4 is 9.62 Å². The Labute approximate surface area is 182 Å². The van der Waals surface area contributed by atoms with Crippen LogP contribution in [0.15, 0.2) is 60.8 Å². The normalized spacial score (nSPS) is 17.6. The molecular formula is C22H26N6O2S. The summed E-state index contributed by atoms with van der Waals surface area (Å²) < 4.78 is 29.0. The zero-order valence-electron chi connectivity index (χ0n) is 17.3. The summed E-state index contributed by atoms with van der Waals surface area (Å²) in [5.74, 6) is 0. The van der Waals surface area contributed by atoms with Gasteiger partial charge in [-0.15, -0.1) is 5.10 Å². The van der Waals surface area contributed by atoms with E-state index in [1.807, 2.05) is 60.8 Å². The number of anilines is 2. The third kappa shape index (κ3) is 4.72. The predicted molar refractivity (Wildman–Crippen MR) is 121 cm³/mol. The number of rotatable bonds is 7. The van der Waals surface area contributed by atoms with Crippen molar-refractivity contribution in [2.45, 2.75) is 24.6 Å². The van der Waals surface area contributed by atoms with E-state index in [0.717, 1.165) is 62.6 Å². The fourth-order valence-electron chi connectivity index (χ4n) is 3.86. The van der Waals surface area contributed by atoms with Gasteiger partial charge in [0.2, 0.25) is 10.0 Å². The van der Waals surface area contributed by atoms with Gasteiger partial charge in [0, 0.05) is 38.4 Å². The summed E-state index contributed by atoms with van der Waals surface area (Å²) in [7, 11) is -3.24. The second-order valence-electron chi connectivity index (χ2n) is 8.15. The van der Waals surface area contributed by atoms with Gasteiger partial charge in [-0.1, -0.05) is 29.5 Å². The summed E-state index contributed by atoms with van der Waals surface area (Å²) >= 11 is 0. The lowest BCUT2D eigenvalue weighted by molar-refractivity contribution is 0.247. The lowest BCUT2D eigenvalue weighted by Gasteiger charge is -2.35. The molecule has 162 valence electrons. The number of sulfonamides is 1. The molecule has 0 bridgehead atoms. The average molecular weight is 439 g/mol. The van der Waals surface area contributed by atoms with Gasteiger partial charge in [-0.05, 0) is 43.2 Å². The first-order valence-electron chi connectivity index (χ1n) is 10.6. The van der Waals surface area contributed by atoms with Crippen LogP contribution in [-0.4, -0.2) is 59.7 Å². The zero-order valence-corrected chi connectivity index (χ0v) is 18.1. The maximum absolute atomic E-state index is 12.2. The van der Waals surface area contributed by atoms with E-state index < -0.39 is 10.0 Å². The number of para-hydroxylation sites is 1. The molecule has 9 heteroatoms. The Kier molecular flexibility index (Phi) is 5.37. The van der Waals surface area contributed by atoms with Crippen molar-refractivity contribution in [2.75, 3.05) is 35.8 Å². The van der Waals surface area contributed by atoms with E-state index >= 15 is 0 Å². The van der Waals surface area contributed by atoms with E-state index in [1.165, 1.54) is 0 Å². The van der Waals surface area contributed by atoms with Crippen LogP contribution in [0, 0.1) is 0 Å². The highest BCUT2D eigenvalue weighted by Gasteiger charge is 2.35. The largest absolute Gasteiger partial charge is 0.369 e. The van der Waals surface area contributed by atoms with Gasteiger partial charge >= 0.3 is 0 Å². The molecule has 5 rings (SSSR count). The molecule has 31 heavy (non-hydrogen) atoms. The number of nitrogens with one attached hydrogen (secondary N) is 1. The summed E-state index contributed by atoms with van der Waals surface area (Å²) in [6.45, 7) is 4.35. The molecule has 1 aliphatic carbocycles. The first kappa shape index (κ1) is 20.0. The van der Waals surface area contributed by atoms with Crippen LogP contribution in [0.3, 0.4) is 0 Å². The Morgan fingerprint density at radius 1 is 0.935 bits per heavy atom. The summed E-state index contributed by atoms with van der Waals surface area (Å²) in [6.07, 6.45) is 3.50. The third-order valence-electron chi connectivity index (χ3n) is 5.75. The summed E-state index contributed by atoms with van der Waals surface area (Å²) in [5, 5.41) is 8.34. The van der Waals surface area contributed by atoms with E-state index in [1.54, 1.807) is 4.68 Å². The van der Waals surface area contributed by atoms with Gasteiger partial charge < -0.3 is 4.90 Å². The highest BCUT2D eigenvalue weighted by molar-refractivity contribution is 7.93. The van der Waals surface area contributed by atoms with E-state index in [4.69, 9.17) is 0 Å². The molecule has 8 nitrogen and oxygen atoms in total. The van der Waals surface area contributed by atoms with Crippen molar-refractivity contribution >= 4 is 21.4 Å². The SMILES string of the molecule is O=S(=O)(Nc1cccc(N2CCN(Cc3cn(-c4ccccc4)nn3)CC2)c1)C1CC1. The molecule has 2 aromatic carbocycles. The van der Waals surface area contributed by atoms with Crippen molar-refractivity contribution in [3.8, 4) is 5.69 Å². The highest BCUT2D eigenvalue weighted by Crippen LogP contribution is 2.30. The Morgan fingerprint density at radius 2 is 1.68 bits per heavy atom. The highest BCUT2D eigenvalue weighted by atomic mass is 32.2. The molecule has 2 aliphatic rings. The van der Waals surface area contributed by atoms with Gasteiger partial charge in [-0.3, -0.25) is 9.62 Å². The van der Waals surface area contributed by atoms with Crippen LogP contribution in [0.2, 0.25) is 0 Å². The molecule has 1 saturated carbocycles. The fourth-order valence-corrected chi connectivity index (χ4v) is 5.24. The molecule has 0 amide bonds. The summed E-state index contributed by atoms with van der Waals surface area (Å²) in [5.41, 5.74) is 3.65. The Balaban J connectivity index is 1.17. The van der Waals surface area contributed by atoms with Crippen LogP contribution in [-0.2, 0) is 16.6 Å². The monoisotopic (exact) mass is 438 g/mol. The number of nitrogens with zero attached hydrogens (tertiary/aromatic N) is 5. The molecule has 1 aromatic heterocycles. The average Bonchev–Trinajstić information content (AvgIpc) is 3.56. The second kappa shape index (κ2) is 8.32. The smallest absolute Gasteiger partial charge is 0.235 e. The first-order valence-corrected chi connectivity index (χ1v) is 12.2. The minimum Gasteiger partial charge on any atom is -0.369 e. The lowest BCUT2D eigenvalue weighted by Crippen LogP contribution is -2.46. The van der Waals surface area contributed by atoms with Crippen molar-refractivity contribution in [3.63, 3.8) is 0 Å². The van der Waals surface area contributed by atoms with Crippen molar-refractivity contribution in [1.29, 1.82) is 0 Å². The number of piperazine rings is 1. The molecule has 0 spiro atoms. The van der Waals surface area contributed by atoms with Gasteiger partial charge in [0.25, 0.3) is 0 Å². The molecular weight excluding hydrogens is 412 g/mol. The number of hydrogen-bond acceptors (Lipinski definition) is 6. The van der Waals surface area contributed by atoms with E-state index in [2.05, 4.69) is 24.8 Å². The van der Waals surface area contributed by atoms with Gasteiger partial charge in [0.05, 0.1) is 28.5 Å². The first-order chi connectivity index (χ1) is 15.1. The molecule has 2 heterocycles. The summed E-state index contributed by atoms with van der Waals surface area (Å²) in [4.78, 5) is 4.67. The molecule has 3 aromatic rings. The maximum Gasteiger partial charge on any atom is 0.235 e. The zero-order chi connectivity index (χ0) is 21.3. The second-order valence-corrected chi connectivity index (χ2v) is 10.1.